The van der Waals surface area contributed by atoms with Crippen LogP contribution in [-0.4, -0.2) is 5.11 Å². The van der Waals surface area contributed by atoms with Crippen LogP contribution < -0.4 is 24.8 Å². The number of hydrogen-bond donors (Lipinski definition) is 1. The third kappa shape index (κ3) is 3.50. The molecule has 0 radical (unpaired) electrons. The first-order chi connectivity index (χ1) is 7.86. The van der Waals surface area contributed by atoms with Gasteiger partial charge in [0, 0.05) is 37.3 Å². The number of para-hydroxylation sites is 1. The first kappa shape index (κ1) is 18.4. The summed E-state index contributed by atoms with van der Waals surface area (Å²) in [5.41, 5.74) is 3.49. The smallest absolute Gasteiger partial charge is 0.119 e. The fraction of sp³-hybridized carbons (Fsp3) is 0.0667. The van der Waals surface area contributed by atoms with Crippen molar-refractivity contribution in [3.05, 3.63) is 71.3 Å². The van der Waals surface area contributed by atoms with E-state index in [9.17, 15) is 5.11 Å². The van der Waals surface area contributed by atoms with Gasteiger partial charge in [0.1, 0.15) is 5.75 Å². The number of phenols is 1. The Morgan fingerprint density at radius 1 is 0.789 bits per heavy atom. The second kappa shape index (κ2) is 7.88. The minimum absolute atomic E-state index is 0. The SMILES string of the molecule is Oc1ccccc1C1C=Cc2ccccc21.[Cl-].[Cl-].[Hf]. The molecular formula is C15H12Cl2HfO-2. The van der Waals surface area contributed by atoms with Gasteiger partial charge < -0.3 is 29.9 Å². The van der Waals surface area contributed by atoms with E-state index in [1.807, 2.05) is 30.3 Å². The number of benzene rings is 2. The minimum atomic E-state index is 0. The van der Waals surface area contributed by atoms with Gasteiger partial charge in [0.05, 0.1) is 0 Å². The number of phenolic OH excluding ortho intramolecular Hbond substituents is 1. The first-order valence-electron chi connectivity index (χ1n) is 5.41. The molecule has 1 atom stereocenters. The number of rotatable bonds is 1. The number of halogens is 2. The fourth-order valence-corrected chi connectivity index (χ4v) is 2.27. The molecular weight excluding hydrogens is 446 g/mol. The first-order valence-corrected chi connectivity index (χ1v) is 5.41. The van der Waals surface area contributed by atoms with Gasteiger partial charge in [-0.25, -0.2) is 0 Å². The molecule has 0 fully saturated rings. The maximum Gasteiger partial charge on any atom is 0.119 e. The molecule has 1 unspecified atom stereocenters. The van der Waals surface area contributed by atoms with E-state index >= 15 is 0 Å². The second-order valence-electron chi connectivity index (χ2n) is 4.02. The minimum Gasteiger partial charge on any atom is -1.00 e. The molecule has 4 heteroatoms. The van der Waals surface area contributed by atoms with E-state index in [1.54, 1.807) is 6.07 Å². The Morgan fingerprint density at radius 2 is 1.37 bits per heavy atom. The Hall–Kier alpha value is -0.570. The van der Waals surface area contributed by atoms with Crippen molar-refractivity contribution in [2.45, 2.75) is 5.92 Å². The molecule has 3 rings (SSSR count). The van der Waals surface area contributed by atoms with Crippen molar-refractivity contribution >= 4 is 6.08 Å². The van der Waals surface area contributed by atoms with Gasteiger partial charge in [0.2, 0.25) is 0 Å². The van der Waals surface area contributed by atoms with E-state index in [2.05, 4.69) is 24.3 Å². The predicted molar refractivity (Wildman–Crippen MR) is 65.4 cm³/mol. The number of aromatic hydroxyl groups is 1. The standard InChI is InChI=1S/C15H12O.2ClH.Hf/c16-15-8-4-3-7-14(15)13-10-9-11-5-1-2-6-12(11)13;;;/h1-10,13,16H;2*1H;/p-2. The van der Waals surface area contributed by atoms with Crippen LogP contribution in [0.2, 0.25) is 0 Å². The average Bonchev–Trinajstić information content (AvgIpc) is 2.74. The van der Waals surface area contributed by atoms with Gasteiger partial charge in [0.25, 0.3) is 0 Å². The van der Waals surface area contributed by atoms with Crippen molar-refractivity contribution in [3.8, 4) is 5.75 Å². The van der Waals surface area contributed by atoms with E-state index in [0.717, 1.165) is 5.56 Å². The molecule has 1 aliphatic carbocycles. The molecule has 2 aromatic rings. The predicted octanol–water partition coefficient (Wildman–Crippen LogP) is -2.44. The van der Waals surface area contributed by atoms with Gasteiger partial charge in [-0.1, -0.05) is 54.6 Å². The van der Waals surface area contributed by atoms with Crippen molar-refractivity contribution in [1.82, 2.24) is 0 Å². The van der Waals surface area contributed by atoms with Crippen molar-refractivity contribution in [2.24, 2.45) is 0 Å². The third-order valence-corrected chi connectivity index (χ3v) is 3.07. The van der Waals surface area contributed by atoms with E-state index in [4.69, 9.17) is 0 Å². The normalized spacial score (nSPS) is 14.6. The molecule has 0 aliphatic heterocycles. The van der Waals surface area contributed by atoms with Gasteiger partial charge in [-0.3, -0.25) is 0 Å². The molecule has 0 heterocycles. The number of allylic oxidation sites excluding steroid dienone is 1. The Morgan fingerprint density at radius 3 is 2.05 bits per heavy atom. The molecule has 0 bridgehead atoms. The number of hydrogen-bond acceptors (Lipinski definition) is 1. The van der Waals surface area contributed by atoms with Gasteiger partial charge in [0.15, 0.2) is 0 Å². The zero-order chi connectivity index (χ0) is 11.0. The summed E-state index contributed by atoms with van der Waals surface area (Å²) in [6.07, 6.45) is 4.26. The topological polar surface area (TPSA) is 20.2 Å². The molecule has 2 aromatic carbocycles. The molecule has 1 N–H and O–H groups in total. The Bertz CT molecular complexity index is 570. The zero-order valence-electron chi connectivity index (χ0n) is 10.1. The van der Waals surface area contributed by atoms with Crippen LogP contribution in [0.5, 0.6) is 5.75 Å². The van der Waals surface area contributed by atoms with Gasteiger partial charge in [-0.15, -0.1) is 0 Å². The van der Waals surface area contributed by atoms with Crippen molar-refractivity contribution in [3.63, 3.8) is 0 Å². The maximum absolute atomic E-state index is 9.86. The van der Waals surface area contributed by atoms with Gasteiger partial charge in [-0.2, -0.15) is 0 Å². The van der Waals surface area contributed by atoms with E-state index in [0.29, 0.717) is 5.75 Å². The molecule has 98 valence electrons. The van der Waals surface area contributed by atoms with Crippen LogP contribution in [0, 0.1) is 0 Å². The summed E-state index contributed by atoms with van der Waals surface area (Å²) in [5, 5.41) is 9.86. The summed E-state index contributed by atoms with van der Waals surface area (Å²) in [5.74, 6) is 0.561. The Labute approximate surface area is 144 Å². The Kier molecular flexibility index (Phi) is 7.65. The average molecular weight is 458 g/mol. The Balaban J connectivity index is 0.00000108. The summed E-state index contributed by atoms with van der Waals surface area (Å²) in [4.78, 5) is 0. The summed E-state index contributed by atoms with van der Waals surface area (Å²) < 4.78 is 0. The molecule has 0 spiro atoms. The summed E-state index contributed by atoms with van der Waals surface area (Å²) in [6, 6.07) is 15.8. The van der Waals surface area contributed by atoms with E-state index in [1.165, 1.54) is 11.1 Å². The monoisotopic (exact) mass is 458 g/mol. The quantitative estimate of drug-likeness (QED) is 0.472. The molecule has 0 saturated carbocycles. The van der Waals surface area contributed by atoms with Crippen LogP contribution in [0.3, 0.4) is 0 Å². The van der Waals surface area contributed by atoms with Crippen LogP contribution in [-0.2, 0) is 25.8 Å². The molecule has 1 aliphatic rings. The molecule has 0 aromatic heterocycles. The maximum atomic E-state index is 9.86. The van der Waals surface area contributed by atoms with Crippen LogP contribution in [0.15, 0.2) is 54.6 Å². The van der Waals surface area contributed by atoms with E-state index < -0.39 is 0 Å². The molecule has 0 saturated heterocycles. The van der Waals surface area contributed by atoms with Crippen LogP contribution in [0.1, 0.15) is 22.6 Å². The zero-order valence-corrected chi connectivity index (χ0v) is 15.2. The van der Waals surface area contributed by atoms with Crippen LogP contribution >= 0.6 is 0 Å². The van der Waals surface area contributed by atoms with Gasteiger partial charge in [-0.05, 0) is 17.2 Å². The van der Waals surface area contributed by atoms with Crippen LogP contribution in [0.25, 0.3) is 6.08 Å². The molecule has 19 heavy (non-hydrogen) atoms. The van der Waals surface area contributed by atoms with E-state index in [-0.39, 0.29) is 56.6 Å². The van der Waals surface area contributed by atoms with Crippen LogP contribution in [0.4, 0.5) is 0 Å². The summed E-state index contributed by atoms with van der Waals surface area (Å²) >= 11 is 0. The summed E-state index contributed by atoms with van der Waals surface area (Å²) in [7, 11) is 0. The number of fused-ring (bicyclic) bond motifs is 1. The van der Waals surface area contributed by atoms with Crippen molar-refractivity contribution in [1.29, 1.82) is 0 Å². The van der Waals surface area contributed by atoms with Crippen molar-refractivity contribution in [2.75, 3.05) is 0 Å². The summed E-state index contributed by atoms with van der Waals surface area (Å²) in [6.45, 7) is 0. The largest absolute Gasteiger partial charge is 1.00 e. The second-order valence-corrected chi connectivity index (χ2v) is 4.02. The van der Waals surface area contributed by atoms with Crippen molar-refractivity contribution < 1.29 is 55.8 Å². The molecule has 1 nitrogen and oxygen atoms in total. The fourth-order valence-electron chi connectivity index (χ4n) is 2.27. The molecule has 0 amide bonds. The third-order valence-electron chi connectivity index (χ3n) is 3.07. The van der Waals surface area contributed by atoms with Gasteiger partial charge >= 0.3 is 0 Å².